The molecule has 0 amide bonds. The highest BCUT2D eigenvalue weighted by Crippen LogP contribution is 2.45. The maximum absolute atomic E-state index is 6.86. The molecule has 0 saturated carbocycles. The molecule has 0 aromatic heterocycles. The standard InChI is InChI=1S/C27H41BO3Si/c1-20-16-17-24(29-32(9,10)25(2,3)4)22(18-20)23(21-14-12-11-13-15-21)19-28-30-26(5,6)27(7,8)31-28/h11-18,23H,19H2,1-10H3/t23-/m1/s1. The molecule has 0 N–H and O–H groups in total. The van der Waals surface area contributed by atoms with Gasteiger partial charge < -0.3 is 13.7 Å². The summed E-state index contributed by atoms with van der Waals surface area (Å²) in [7, 11) is -2.27. The molecule has 1 fully saturated rings. The monoisotopic (exact) mass is 452 g/mol. The Hall–Kier alpha value is -1.56. The van der Waals surface area contributed by atoms with Gasteiger partial charge in [0, 0.05) is 5.92 Å². The molecule has 32 heavy (non-hydrogen) atoms. The van der Waals surface area contributed by atoms with Gasteiger partial charge in [-0.3, -0.25) is 0 Å². The fraction of sp³-hybridized carbons (Fsp3) is 0.556. The second-order valence-electron chi connectivity index (χ2n) is 11.8. The highest BCUT2D eigenvalue weighted by atomic mass is 28.4. The fourth-order valence-corrected chi connectivity index (χ4v) is 4.88. The summed E-state index contributed by atoms with van der Waals surface area (Å²) < 4.78 is 19.7. The fourth-order valence-electron chi connectivity index (χ4n) is 3.84. The summed E-state index contributed by atoms with van der Waals surface area (Å²) in [4.78, 5) is 0. The van der Waals surface area contributed by atoms with Crippen LogP contribution >= 0.6 is 0 Å². The molecule has 1 aliphatic heterocycles. The van der Waals surface area contributed by atoms with Crippen LogP contribution in [-0.4, -0.2) is 26.6 Å². The van der Waals surface area contributed by atoms with Crippen molar-refractivity contribution < 1.29 is 13.7 Å². The highest BCUT2D eigenvalue weighted by molar-refractivity contribution is 6.74. The molecule has 1 atom stereocenters. The Labute approximate surface area is 197 Å². The normalized spacial score (nSPS) is 19.1. The van der Waals surface area contributed by atoms with Crippen LogP contribution in [0.25, 0.3) is 0 Å². The number of rotatable bonds is 6. The van der Waals surface area contributed by atoms with Crippen LogP contribution in [0.1, 0.15) is 71.1 Å². The Morgan fingerprint density at radius 2 is 1.50 bits per heavy atom. The first kappa shape index (κ1) is 25.1. The Bertz CT molecular complexity index is 916. The molecule has 1 saturated heterocycles. The van der Waals surface area contributed by atoms with E-state index in [9.17, 15) is 0 Å². The van der Waals surface area contributed by atoms with Crippen molar-refractivity contribution in [2.45, 2.75) is 97.0 Å². The first-order chi connectivity index (χ1) is 14.6. The first-order valence-electron chi connectivity index (χ1n) is 11.8. The predicted octanol–water partition coefficient (Wildman–Crippen LogP) is 7.60. The minimum atomic E-state index is -1.99. The van der Waals surface area contributed by atoms with E-state index in [4.69, 9.17) is 13.7 Å². The topological polar surface area (TPSA) is 27.7 Å². The minimum absolute atomic E-state index is 0.116. The zero-order valence-electron chi connectivity index (χ0n) is 21.7. The molecule has 3 rings (SSSR count). The summed E-state index contributed by atoms with van der Waals surface area (Å²) in [5.74, 6) is 1.11. The molecule has 174 valence electrons. The second kappa shape index (κ2) is 8.66. The highest BCUT2D eigenvalue weighted by Gasteiger charge is 2.51. The van der Waals surface area contributed by atoms with Crippen molar-refractivity contribution in [3.05, 3.63) is 65.2 Å². The Morgan fingerprint density at radius 3 is 2.03 bits per heavy atom. The molecule has 0 radical (unpaired) electrons. The maximum atomic E-state index is 6.86. The molecule has 2 aromatic carbocycles. The van der Waals surface area contributed by atoms with Crippen molar-refractivity contribution in [2.24, 2.45) is 0 Å². The van der Waals surface area contributed by atoms with Crippen molar-refractivity contribution in [2.75, 3.05) is 0 Å². The molecule has 1 heterocycles. The van der Waals surface area contributed by atoms with Crippen molar-refractivity contribution in [3.63, 3.8) is 0 Å². The van der Waals surface area contributed by atoms with Gasteiger partial charge in [-0.1, -0.05) is 68.8 Å². The van der Waals surface area contributed by atoms with Gasteiger partial charge in [0.2, 0.25) is 8.32 Å². The lowest BCUT2D eigenvalue weighted by Crippen LogP contribution is -2.44. The number of benzene rings is 2. The summed E-state index contributed by atoms with van der Waals surface area (Å²) in [6.07, 6.45) is 0.744. The quantitative estimate of drug-likeness (QED) is 0.422. The lowest BCUT2D eigenvalue weighted by Gasteiger charge is -2.37. The lowest BCUT2D eigenvalue weighted by molar-refractivity contribution is 0.00578. The Kier molecular flexibility index (Phi) is 6.79. The van der Waals surface area contributed by atoms with E-state index in [1.165, 1.54) is 16.7 Å². The summed E-state index contributed by atoms with van der Waals surface area (Å²) >= 11 is 0. The van der Waals surface area contributed by atoms with E-state index in [-0.39, 0.29) is 29.3 Å². The number of aryl methyl sites for hydroxylation is 1. The minimum Gasteiger partial charge on any atom is -0.543 e. The molecule has 0 unspecified atom stereocenters. The van der Waals surface area contributed by atoms with E-state index < -0.39 is 8.32 Å². The SMILES string of the molecule is Cc1ccc(O[Si](C)(C)C(C)(C)C)c([C@H](CB2OC(C)(C)C(C)(C)O2)c2ccccc2)c1. The van der Waals surface area contributed by atoms with Gasteiger partial charge in [0.1, 0.15) is 5.75 Å². The average molecular weight is 453 g/mol. The summed E-state index contributed by atoms with van der Waals surface area (Å²) in [6.45, 7) is 22.1. The van der Waals surface area contributed by atoms with E-state index in [1.807, 2.05) is 0 Å². The van der Waals surface area contributed by atoms with Crippen molar-refractivity contribution >= 4 is 15.4 Å². The van der Waals surface area contributed by atoms with Crippen LogP contribution in [0.5, 0.6) is 5.75 Å². The van der Waals surface area contributed by atoms with Gasteiger partial charge in [-0.25, -0.2) is 0 Å². The van der Waals surface area contributed by atoms with E-state index in [2.05, 4.69) is 117 Å². The molecule has 3 nitrogen and oxygen atoms in total. The van der Waals surface area contributed by atoms with E-state index in [0.717, 1.165) is 12.1 Å². The molecule has 0 spiro atoms. The first-order valence-corrected chi connectivity index (χ1v) is 14.7. The van der Waals surface area contributed by atoms with Crippen LogP contribution < -0.4 is 4.43 Å². The molecule has 1 aliphatic rings. The largest absolute Gasteiger partial charge is 0.543 e. The molecule has 0 bridgehead atoms. The van der Waals surface area contributed by atoms with E-state index in [1.54, 1.807) is 0 Å². The van der Waals surface area contributed by atoms with E-state index >= 15 is 0 Å². The van der Waals surface area contributed by atoms with Gasteiger partial charge in [0.15, 0.2) is 0 Å². The van der Waals surface area contributed by atoms with Crippen LogP contribution in [0.4, 0.5) is 0 Å². The average Bonchev–Trinajstić information content (AvgIpc) is 2.87. The van der Waals surface area contributed by atoms with Gasteiger partial charge in [-0.15, -0.1) is 0 Å². The van der Waals surface area contributed by atoms with Crippen molar-refractivity contribution in [1.82, 2.24) is 0 Å². The zero-order valence-corrected chi connectivity index (χ0v) is 22.7. The van der Waals surface area contributed by atoms with Crippen molar-refractivity contribution in [3.8, 4) is 5.75 Å². The van der Waals surface area contributed by atoms with E-state index in [0.29, 0.717) is 0 Å². The smallest absolute Gasteiger partial charge is 0.458 e. The third kappa shape index (κ3) is 5.16. The number of hydrogen-bond donors (Lipinski definition) is 0. The molecular weight excluding hydrogens is 411 g/mol. The molecule has 0 aliphatic carbocycles. The summed E-state index contributed by atoms with van der Waals surface area (Å²) in [6, 6.07) is 17.3. The van der Waals surface area contributed by atoms with Crippen LogP contribution in [0.3, 0.4) is 0 Å². The predicted molar refractivity (Wildman–Crippen MR) is 138 cm³/mol. The third-order valence-electron chi connectivity index (χ3n) is 7.64. The summed E-state index contributed by atoms with van der Waals surface area (Å²) in [5.41, 5.74) is 3.03. The Morgan fingerprint density at radius 1 is 0.938 bits per heavy atom. The molecular formula is C27H41BO3Si. The van der Waals surface area contributed by atoms with Gasteiger partial charge in [0.05, 0.1) is 11.2 Å². The van der Waals surface area contributed by atoms with Gasteiger partial charge in [0.25, 0.3) is 0 Å². The molecule has 2 aromatic rings. The number of hydrogen-bond acceptors (Lipinski definition) is 3. The lowest BCUT2D eigenvalue weighted by atomic mass is 9.71. The third-order valence-corrected chi connectivity index (χ3v) is 12.0. The van der Waals surface area contributed by atoms with Crippen molar-refractivity contribution in [1.29, 1.82) is 0 Å². The maximum Gasteiger partial charge on any atom is 0.458 e. The van der Waals surface area contributed by atoms with Gasteiger partial charge >= 0.3 is 7.12 Å². The van der Waals surface area contributed by atoms with Gasteiger partial charge in [-0.2, -0.15) is 0 Å². The second-order valence-corrected chi connectivity index (χ2v) is 16.5. The summed E-state index contributed by atoms with van der Waals surface area (Å²) in [5, 5.41) is 0.128. The van der Waals surface area contributed by atoms with Crippen LogP contribution in [-0.2, 0) is 9.31 Å². The van der Waals surface area contributed by atoms with Crippen LogP contribution in [0, 0.1) is 6.92 Å². The van der Waals surface area contributed by atoms with Gasteiger partial charge in [-0.05, 0) is 76.3 Å². The Balaban J connectivity index is 2.04. The zero-order chi connectivity index (χ0) is 23.9. The molecule has 5 heteroatoms. The van der Waals surface area contributed by atoms with Crippen LogP contribution in [0.15, 0.2) is 48.5 Å². The van der Waals surface area contributed by atoms with Crippen LogP contribution in [0.2, 0.25) is 24.5 Å².